The minimum atomic E-state index is 0.837. The number of hydrogen-bond donors (Lipinski definition) is 0. The van der Waals surface area contributed by atoms with E-state index in [1.165, 1.54) is 57.8 Å². The van der Waals surface area contributed by atoms with Crippen molar-refractivity contribution in [2.45, 2.75) is 70.6 Å². The van der Waals surface area contributed by atoms with Gasteiger partial charge in [0.2, 0.25) is 0 Å². The topological polar surface area (TPSA) is 0 Å². The number of hydrogen-bond acceptors (Lipinski definition) is 0. The zero-order valence-electron chi connectivity index (χ0n) is 14.2. The van der Waals surface area contributed by atoms with Gasteiger partial charge in [-0.3, -0.25) is 0 Å². The molecule has 120 valence electrons. The van der Waals surface area contributed by atoms with Crippen LogP contribution in [0.5, 0.6) is 0 Å². The van der Waals surface area contributed by atoms with E-state index in [0.717, 1.165) is 23.7 Å². The van der Waals surface area contributed by atoms with Gasteiger partial charge in [-0.15, -0.1) is 0 Å². The molecule has 0 nitrogen and oxygen atoms in total. The third-order valence-corrected chi connectivity index (χ3v) is 6.31. The Bertz CT molecular complexity index is 442. The Morgan fingerprint density at radius 3 is 2.00 bits per heavy atom. The van der Waals surface area contributed by atoms with Gasteiger partial charge in [0.1, 0.15) is 0 Å². The average molecular weight is 296 g/mol. The smallest absolute Gasteiger partial charge is 0.0162 e. The molecule has 0 bridgehead atoms. The molecule has 2 saturated carbocycles. The number of benzene rings is 1. The summed E-state index contributed by atoms with van der Waals surface area (Å²) < 4.78 is 0. The summed E-state index contributed by atoms with van der Waals surface area (Å²) in [4.78, 5) is 0. The first-order chi connectivity index (χ1) is 10.9. The monoisotopic (exact) mass is 296 g/mol. The van der Waals surface area contributed by atoms with Crippen LogP contribution in [0, 0.1) is 17.8 Å². The predicted octanol–water partition coefficient (Wildman–Crippen LogP) is 6.73. The largest absolute Gasteiger partial charge is 0.0917 e. The van der Waals surface area contributed by atoms with Crippen LogP contribution in [0.4, 0.5) is 0 Å². The molecule has 0 heteroatoms. The van der Waals surface area contributed by atoms with Crippen molar-refractivity contribution < 1.29 is 0 Å². The van der Waals surface area contributed by atoms with Crippen molar-refractivity contribution in [3.8, 4) is 0 Å². The van der Waals surface area contributed by atoms with Gasteiger partial charge in [-0.2, -0.15) is 0 Å². The van der Waals surface area contributed by atoms with Gasteiger partial charge >= 0.3 is 0 Å². The van der Waals surface area contributed by atoms with Crippen LogP contribution in [-0.4, -0.2) is 0 Å². The Labute approximate surface area is 137 Å². The Balaban J connectivity index is 1.44. The normalized spacial score (nSPS) is 33.1. The molecule has 1 aromatic carbocycles. The molecule has 0 N–H and O–H groups in total. The van der Waals surface area contributed by atoms with Crippen molar-refractivity contribution in [2.75, 3.05) is 0 Å². The molecule has 0 aromatic heterocycles. The first kappa shape index (κ1) is 15.8. The molecule has 22 heavy (non-hydrogen) atoms. The van der Waals surface area contributed by atoms with Crippen LogP contribution in [0.3, 0.4) is 0 Å². The first-order valence-corrected chi connectivity index (χ1v) is 9.53. The average Bonchev–Trinajstić information content (AvgIpc) is 2.61. The zero-order chi connectivity index (χ0) is 15.2. The summed E-state index contributed by atoms with van der Waals surface area (Å²) in [7, 11) is 0. The van der Waals surface area contributed by atoms with E-state index in [-0.39, 0.29) is 0 Å². The lowest BCUT2D eigenvalue weighted by Gasteiger charge is -2.38. The zero-order valence-corrected chi connectivity index (χ0v) is 14.2. The van der Waals surface area contributed by atoms with E-state index < -0.39 is 0 Å². The van der Waals surface area contributed by atoms with Crippen LogP contribution in [0.25, 0.3) is 0 Å². The van der Waals surface area contributed by atoms with Crippen molar-refractivity contribution in [1.29, 1.82) is 0 Å². The molecular formula is C22H32. The third-order valence-electron chi connectivity index (χ3n) is 6.31. The van der Waals surface area contributed by atoms with E-state index in [0.29, 0.717) is 0 Å². The van der Waals surface area contributed by atoms with E-state index in [9.17, 15) is 0 Å². The van der Waals surface area contributed by atoms with Crippen molar-refractivity contribution in [1.82, 2.24) is 0 Å². The van der Waals surface area contributed by atoms with Crippen LogP contribution >= 0.6 is 0 Å². The van der Waals surface area contributed by atoms with Gasteiger partial charge < -0.3 is 0 Å². The molecule has 2 aliphatic carbocycles. The molecule has 0 spiro atoms. The van der Waals surface area contributed by atoms with Crippen molar-refractivity contribution in [2.24, 2.45) is 17.8 Å². The van der Waals surface area contributed by atoms with E-state index in [1.54, 1.807) is 5.56 Å². The predicted molar refractivity (Wildman–Crippen MR) is 96.0 cm³/mol. The Morgan fingerprint density at radius 2 is 1.41 bits per heavy atom. The minimum absolute atomic E-state index is 0.837. The van der Waals surface area contributed by atoms with Crippen LogP contribution in [-0.2, 0) is 0 Å². The summed E-state index contributed by atoms with van der Waals surface area (Å²) in [5.74, 6) is 3.89. The lowest BCUT2D eigenvalue weighted by molar-refractivity contribution is 0.160. The molecule has 2 aliphatic rings. The van der Waals surface area contributed by atoms with E-state index in [4.69, 9.17) is 0 Å². The standard InChI is InChI=1S/C22H32/c1-2-3-7-18-10-12-20(13-11-18)22-16-14-21(15-17-22)19-8-5-4-6-9-19/h2-6,8-9,18,20-22H,7,10-17H2,1H3/b3-2+. The molecule has 2 fully saturated rings. The van der Waals surface area contributed by atoms with Crippen molar-refractivity contribution in [3.05, 3.63) is 48.0 Å². The van der Waals surface area contributed by atoms with Gasteiger partial charge in [-0.05, 0) is 93.9 Å². The Hall–Kier alpha value is -1.04. The van der Waals surface area contributed by atoms with Crippen LogP contribution in [0.1, 0.15) is 76.2 Å². The number of allylic oxidation sites excluding steroid dienone is 2. The lowest BCUT2D eigenvalue weighted by Crippen LogP contribution is -2.25. The van der Waals surface area contributed by atoms with Crippen molar-refractivity contribution in [3.63, 3.8) is 0 Å². The van der Waals surface area contributed by atoms with Gasteiger partial charge in [-0.25, -0.2) is 0 Å². The summed E-state index contributed by atoms with van der Waals surface area (Å²) in [5, 5.41) is 0. The Kier molecular flexibility index (Phi) is 5.76. The second kappa shape index (κ2) is 7.99. The van der Waals surface area contributed by atoms with E-state index in [2.05, 4.69) is 49.4 Å². The summed E-state index contributed by atoms with van der Waals surface area (Å²) in [5.41, 5.74) is 1.58. The SMILES string of the molecule is C/C=C/CC1CCC(C2CCC(c3ccccc3)CC2)CC1. The molecule has 0 aliphatic heterocycles. The van der Waals surface area contributed by atoms with Gasteiger partial charge in [-0.1, -0.05) is 42.5 Å². The molecule has 0 heterocycles. The maximum Gasteiger partial charge on any atom is -0.0162 e. The van der Waals surface area contributed by atoms with Crippen LogP contribution in [0.15, 0.2) is 42.5 Å². The summed E-state index contributed by atoms with van der Waals surface area (Å²) >= 11 is 0. The van der Waals surface area contributed by atoms with Crippen LogP contribution in [0.2, 0.25) is 0 Å². The van der Waals surface area contributed by atoms with Gasteiger partial charge in [0.05, 0.1) is 0 Å². The minimum Gasteiger partial charge on any atom is -0.0917 e. The van der Waals surface area contributed by atoms with Crippen molar-refractivity contribution >= 4 is 0 Å². The van der Waals surface area contributed by atoms with E-state index in [1.807, 2.05) is 0 Å². The molecule has 0 amide bonds. The lowest BCUT2D eigenvalue weighted by atomic mass is 9.68. The molecular weight excluding hydrogens is 264 g/mol. The van der Waals surface area contributed by atoms with Crippen LogP contribution < -0.4 is 0 Å². The quantitative estimate of drug-likeness (QED) is 0.540. The fraction of sp³-hybridized carbons (Fsp3) is 0.636. The third kappa shape index (κ3) is 4.03. The first-order valence-electron chi connectivity index (χ1n) is 9.53. The molecule has 0 unspecified atom stereocenters. The molecule has 3 rings (SSSR count). The fourth-order valence-electron chi connectivity index (χ4n) is 4.87. The van der Waals surface area contributed by atoms with E-state index >= 15 is 0 Å². The highest BCUT2D eigenvalue weighted by molar-refractivity contribution is 5.19. The molecule has 1 aromatic rings. The highest BCUT2D eigenvalue weighted by Crippen LogP contribution is 2.44. The summed E-state index contributed by atoms with van der Waals surface area (Å²) in [6, 6.07) is 11.2. The highest BCUT2D eigenvalue weighted by atomic mass is 14.4. The highest BCUT2D eigenvalue weighted by Gasteiger charge is 2.30. The van der Waals surface area contributed by atoms with Gasteiger partial charge in [0, 0.05) is 0 Å². The molecule has 0 saturated heterocycles. The fourth-order valence-corrected chi connectivity index (χ4v) is 4.87. The maximum atomic E-state index is 2.37. The number of rotatable bonds is 4. The summed E-state index contributed by atoms with van der Waals surface area (Å²) in [6.45, 7) is 2.15. The summed E-state index contributed by atoms with van der Waals surface area (Å²) in [6.07, 6.45) is 17.7. The maximum absolute atomic E-state index is 2.37. The molecule has 0 atom stereocenters. The Morgan fingerprint density at radius 1 is 0.818 bits per heavy atom. The second-order valence-corrected chi connectivity index (χ2v) is 7.61. The van der Waals surface area contributed by atoms with Gasteiger partial charge in [0.25, 0.3) is 0 Å². The van der Waals surface area contributed by atoms with Gasteiger partial charge in [0.15, 0.2) is 0 Å². The second-order valence-electron chi connectivity index (χ2n) is 7.61. The molecule has 0 radical (unpaired) electrons.